The van der Waals surface area contributed by atoms with Gasteiger partial charge in [0.15, 0.2) is 11.5 Å². The number of benzene rings is 1. The summed E-state index contributed by atoms with van der Waals surface area (Å²) in [5.74, 6) is 1.60. The fourth-order valence-electron chi connectivity index (χ4n) is 0.986. The number of alkyl halides is 2. The molecule has 14 heavy (non-hydrogen) atoms. The minimum atomic E-state index is 0.648. The average molecular weight is 324 g/mol. The summed E-state index contributed by atoms with van der Waals surface area (Å²) in [6, 6.07) is 7.69. The molecule has 1 aromatic carbocycles. The van der Waals surface area contributed by atoms with E-state index in [-0.39, 0.29) is 0 Å². The first-order chi connectivity index (χ1) is 6.88. The standard InChI is InChI=1S/C10H12Br2O2/c11-5-7-13-9-3-1-2-4-10(9)14-8-6-12/h1-4H,5-8H2. The predicted molar refractivity (Wildman–Crippen MR) is 65.0 cm³/mol. The van der Waals surface area contributed by atoms with E-state index < -0.39 is 0 Å². The molecule has 2 nitrogen and oxygen atoms in total. The van der Waals surface area contributed by atoms with Crippen molar-refractivity contribution in [2.45, 2.75) is 0 Å². The van der Waals surface area contributed by atoms with Gasteiger partial charge in [-0.25, -0.2) is 0 Å². The highest BCUT2D eigenvalue weighted by Crippen LogP contribution is 2.26. The summed E-state index contributed by atoms with van der Waals surface area (Å²) >= 11 is 6.62. The van der Waals surface area contributed by atoms with Gasteiger partial charge in [0, 0.05) is 10.7 Å². The van der Waals surface area contributed by atoms with Crippen molar-refractivity contribution in [3.63, 3.8) is 0 Å². The van der Waals surface area contributed by atoms with E-state index in [1.54, 1.807) is 0 Å². The van der Waals surface area contributed by atoms with Crippen molar-refractivity contribution >= 4 is 31.9 Å². The lowest BCUT2D eigenvalue weighted by Gasteiger charge is -2.10. The summed E-state index contributed by atoms with van der Waals surface area (Å²) in [5.41, 5.74) is 0. The maximum Gasteiger partial charge on any atom is 0.161 e. The molecule has 4 heteroatoms. The van der Waals surface area contributed by atoms with Gasteiger partial charge in [-0.15, -0.1) is 0 Å². The van der Waals surface area contributed by atoms with Crippen LogP contribution in [0.4, 0.5) is 0 Å². The zero-order chi connectivity index (χ0) is 10.2. The van der Waals surface area contributed by atoms with Crippen molar-refractivity contribution in [2.24, 2.45) is 0 Å². The third-order valence-electron chi connectivity index (χ3n) is 1.52. The Bertz CT molecular complexity index is 239. The van der Waals surface area contributed by atoms with E-state index >= 15 is 0 Å². The van der Waals surface area contributed by atoms with Crippen LogP contribution in [-0.2, 0) is 0 Å². The second-order valence-electron chi connectivity index (χ2n) is 2.52. The molecular weight excluding hydrogens is 312 g/mol. The Kier molecular flexibility index (Phi) is 6.03. The summed E-state index contributed by atoms with van der Waals surface area (Å²) in [7, 11) is 0. The summed E-state index contributed by atoms with van der Waals surface area (Å²) in [6.45, 7) is 1.30. The largest absolute Gasteiger partial charge is 0.489 e. The van der Waals surface area contributed by atoms with Gasteiger partial charge in [-0.1, -0.05) is 44.0 Å². The van der Waals surface area contributed by atoms with Crippen molar-refractivity contribution in [3.05, 3.63) is 24.3 Å². The van der Waals surface area contributed by atoms with Gasteiger partial charge < -0.3 is 9.47 Å². The SMILES string of the molecule is BrCCOc1ccccc1OCCBr. The number of rotatable bonds is 6. The maximum atomic E-state index is 5.50. The van der Waals surface area contributed by atoms with Gasteiger partial charge in [0.2, 0.25) is 0 Å². The minimum Gasteiger partial charge on any atom is -0.489 e. The smallest absolute Gasteiger partial charge is 0.161 e. The highest BCUT2D eigenvalue weighted by atomic mass is 79.9. The highest BCUT2D eigenvalue weighted by Gasteiger charge is 2.02. The summed E-state index contributed by atoms with van der Waals surface area (Å²) in [4.78, 5) is 0. The molecule has 0 aliphatic carbocycles. The van der Waals surface area contributed by atoms with Crippen LogP contribution >= 0.6 is 31.9 Å². The molecule has 0 spiro atoms. The van der Waals surface area contributed by atoms with Crippen molar-refractivity contribution in [2.75, 3.05) is 23.9 Å². The monoisotopic (exact) mass is 322 g/mol. The Morgan fingerprint density at radius 3 is 1.64 bits per heavy atom. The Hall–Kier alpha value is -0.220. The number of hydrogen-bond donors (Lipinski definition) is 0. The lowest BCUT2D eigenvalue weighted by molar-refractivity contribution is 0.292. The third kappa shape index (κ3) is 3.88. The lowest BCUT2D eigenvalue weighted by Crippen LogP contribution is -2.03. The molecule has 0 aromatic heterocycles. The van der Waals surface area contributed by atoms with Crippen LogP contribution < -0.4 is 9.47 Å². The molecule has 1 rings (SSSR count). The van der Waals surface area contributed by atoms with Crippen LogP contribution in [0.1, 0.15) is 0 Å². The number of halogens is 2. The first-order valence-corrected chi connectivity index (χ1v) is 6.59. The summed E-state index contributed by atoms with van der Waals surface area (Å²) < 4.78 is 11.0. The minimum absolute atomic E-state index is 0.648. The second kappa shape index (κ2) is 7.12. The molecule has 0 bridgehead atoms. The first kappa shape index (κ1) is 11.9. The van der Waals surface area contributed by atoms with Gasteiger partial charge in [-0.3, -0.25) is 0 Å². The third-order valence-corrected chi connectivity index (χ3v) is 2.17. The van der Waals surface area contributed by atoms with E-state index in [2.05, 4.69) is 31.9 Å². The van der Waals surface area contributed by atoms with Crippen molar-refractivity contribution in [1.29, 1.82) is 0 Å². The Balaban J connectivity index is 2.60. The van der Waals surface area contributed by atoms with Crippen LogP contribution in [0.25, 0.3) is 0 Å². The van der Waals surface area contributed by atoms with E-state index in [0.717, 1.165) is 22.2 Å². The number of hydrogen-bond acceptors (Lipinski definition) is 2. The zero-order valence-electron chi connectivity index (χ0n) is 7.71. The van der Waals surface area contributed by atoms with Crippen molar-refractivity contribution < 1.29 is 9.47 Å². The van der Waals surface area contributed by atoms with Gasteiger partial charge in [0.1, 0.15) is 0 Å². The second-order valence-corrected chi connectivity index (χ2v) is 4.11. The Labute approximate surface area is 101 Å². The van der Waals surface area contributed by atoms with E-state index in [4.69, 9.17) is 9.47 Å². The number of para-hydroxylation sites is 2. The van der Waals surface area contributed by atoms with E-state index in [0.29, 0.717) is 13.2 Å². The average Bonchev–Trinajstić information content (AvgIpc) is 2.24. The van der Waals surface area contributed by atoms with Crippen LogP contribution in [-0.4, -0.2) is 23.9 Å². The number of ether oxygens (including phenoxy) is 2. The van der Waals surface area contributed by atoms with Gasteiger partial charge in [0.05, 0.1) is 13.2 Å². The molecule has 0 saturated heterocycles. The molecule has 1 aromatic rings. The van der Waals surface area contributed by atoms with Gasteiger partial charge in [-0.05, 0) is 12.1 Å². The molecular formula is C10H12Br2O2. The fraction of sp³-hybridized carbons (Fsp3) is 0.400. The molecule has 0 fully saturated rings. The van der Waals surface area contributed by atoms with Crippen LogP contribution in [0.15, 0.2) is 24.3 Å². The van der Waals surface area contributed by atoms with Gasteiger partial charge >= 0.3 is 0 Å². The maximum absolute atomic E-state index is 5.50. The van der Waals surface area contributed by atoms with E-state index in [1.807, 2.05) is 24.3 Å². The van der Waals surface area contributed by atoms with Crippen LogP contribution in [0.3, 0.4) is 0 Å². The molecule has 0 aliphatic rings. The molecule has 0 unspecified atom stereocenters. The van der Waals surface area contributed by atoms with Crippen LogP contribution in [0.2, 0.25) is 0 Å². The first-order valence-electron chi connectivity index (χ1n) is 4.35. The van der Waals surface area contributed by atoms with Gasteiger partial charge in [0.25, 0.3) is 0 Å². The topological polar surface area (TPSA) is 18.5 Å². The molecule has 0 radical (unpaired) electrons. The molecule has 0 heterocycles. The van der Waals surface area contributed by atoms with Crippen molar-refractivity contribution in [3.8, 4) is 11.5 Å². The van der Waals surface area contributed by atoms with Gasteiger partial charge in [-0.2, -0.15) is 0 Å². The zero-order valence-corrected chi connectivity index (χ0v) is 10.9. The predicted octanol–water partition coefficient (Wildman–Crippen LogP) is 3.23. The van der Waals surface area contributed by atoms with Crippen LogP contribution in [0.5, 0.6) is 11.5 Å². The highest BCUT2D eigenvalue weighted by molar-refractivity contribution is 9.09. The van der Waals surface area contributed by atoms with Crippen molar-refractivity contribution in [1.82, 2.24) is 0 Å². The molecule has 0 amide bonds. The molecule has 0 N–H and O–H groups in total. The lowest BCUT2D eigenvalue weighted by atomic mass is 10.3. The quantitative estimate of drug-likeness (QED) is 0.748. The van der Waals surface area contributed by atoms with E-state index in [1.165, 1.54) is 0 Å². The fourth-order valence-corrected chi connectivity index (χ4v) is 1.31. The molecule has 0 atom stereocenters. The molecule has 0 aliphatic heterocycles. The summed E-state index contributed by atoms with van der Waals surface area (Å²) in [6.07, 6.45) is 0. The van der Waals surface area contributed by atoms with Crippen LogP contribution in [0, 0.1) is 0 Å². The van der Waals surface area contributed by atoms with E-state index in [9.17, 15) is 0 Å². The Morgan fingerprint density at radius 2 is 1.29 bits per heavy atom. The summed E-state index contributed by atoms with van der Waals surface area (Å²) in [5, 5.41) is 1.64. The molecule has 78 valence electrons. The normalized spacial score (nSPS) is 9.86. The Morgan fingerprint density at radius 1 is 0.857 bits per heavy atom. The molecule has 0 saturated carbocycles.